The van der Waals surface area contributed by atoms with Crippen LogP contribution in [0.1, 0.15) is 19.8 Å². The molecule has 0 unspecified atom stereocenters. The van der Waals surface area contributed by atoms with Crippen molar-refractivity contribution in [2.75, 3.05) is 19.8 Å². The molecule has 4 rings (SSSR count). The van der Waals surface area contributed by atoms with Crippen LogP contribution in [0, 0.1) is 5.41 Å². The smallest absolute Gasteiger partial charge is 0.302 e. The molecule has 2 N–H and O–H groups in total. The first-order chi connectivity index (χ1) is 6.08. The monoisotopic (exact) mass is 185 g/mol. The fourth-order valence-electron chi connectivity index (χ4n) is 1.93. The lowest BCUT2D eigenvalue weighted by Gasteiger charge is -2.52. The molecular weight excluding hydrogens is 170 g/mol. The van der Waals surface area contributed by atoms with E-state index in [1.54, 1.807) is 0 Å². The first-order valence-electron chi connectivity index (χ1n) is 4.78. The molecule has 13 heavy (non-hydrogen) atoms. The lowest BCUT2D eigenvalue weighted by Crippen LogP contribution is -2.67. The Hall–Kier alpha value is -0.160. The molecule has 0 amide bonds. The average molecular weight is 185 g/mol. The highest BCUT2D eigenvalue weighted by molar-refractivity contribution is 5.09. The lowest BCUT2D eigenvalue weighted by molar-refractivity contribution is -0.476. The summed E-state index contributed by atoms with van der Waals surface area (Å²) in [5.74, 6) is -0.912. The first kappa shape index (κ1) is 8.17. The van der Waals surface area contributed by atoms with Gasteiger partial charge in [0.25, 0.3) is 0 Å². The maximum absolute atomic E-state index is 6.06. The van der Waals surface area contributed by atoms with Gasteiger partial charge < -0.3 is 19.9 Å². The molecule has 4 heteroatoms. The van der Waals surface area contributed by atoms with E-state index in [0.29, 0.717) is 19.8 Å². The number of hydrogen-bond acceptors (Lipinski definition) is 4. The number of hydrogen-bond donors (Lipinski definition) is 1. The van der Waals surface area contributed by atoms with Crippen molar-refractivity contribution in [3.8, 4) is 0 Å². The Labute approximate surface area is 77.3 Å². The second kappa shape index (κ2) is 2.08. The fraction of sp³-hybridized carbons (Fsp3) is 1.00. The molecule has 1 saturated carbocycles. The van der Waals surface area contributed by atoms with Gasteiger partial charge in [-0.15, -0.1) is 0 Å². The second-order valence-electron chi connectivity index (χ2n) is 4.89. The van der Waals surface area contributed by atoms with Crippen LogP contribution in [-0.2, 0) is 14.2 Å². The summed E-state index contributed by atoms with van der Waals surface area (Å²) in [5.41, 5.74) is 5.71. The zero-order chi connectivity index (χ0) is 9.16. The summed E-state index contributed by atoms with van der Waals surface area (Å²) in [6, 6.07) is 0. The maximum atomic E-state index is 6.06. The summed E-state index contributed by atoms with van der Waals surface area (Å²) >= 11 is 0. The minimum absolute atomic E-state index is 0.0347. The van der Waals surface area contributed by atoms with Crippen LogP contribution < -0.4 is 5.73 Å². The van der Waals surface area contributed by atoms with Crippen molar-refractivity contribution in [3.05, 3.63) is 0 Å². The van der Waals surface area contributed by atoms with Crippen molar-refractivity contribution in [2.24, 2.45) is 11.1 Å². The first-order valence-corrected chi connectivity index (χ1v) is 4.78. The number of nitrogens with two attached hydrogens (primary N) is 1. The summed E-state index contributed by atoms with van der Waals surface area (Å²) in [7, 11) is 0. The van der Waals surface area contributed by atoms with E-state index < -0.39 is 5.97 Å². The maximum Gasteiger partial charge on any atom is 0.302 e. The zero-order valence-electron chi connectivity index (χ0n) is 7.84. The van der Waals surface area contributed by atoms with Gasteiger partial charge in [-0.2, -0.15) is 0 Å². The molecule has 0 aromatic rings. The SMILES string of the molecule is CC12COC(C3(N)CC3)(OC1)OC2. The van der Waals surface area contributed by atoms with Crippen molar-refractivity contribution in [1.29, 1.82) is 0 Å². The third kappa shape index (κ3) is 0.944. The molecule has 2 bridgehead atoms. The van der Waals surface area contributed by atoms with Gasteiger partial charge in [-0.05, 0) is 12.8 Å². The van der Waals surface area contributed by atoms with Crippen LogP contribution in [0.4, 0.5) is 0 Å². The van der Waals surface area contributed by atoms with Crippen molar-refractivity contribution in [1.82, 2.24) is 0 Å². The van der Waals surface area contributed by atoms with E-state index in [4.69, 9.17) is 19.9 Å². The highest BCUT2D eigenvalue weighted by atomic mass is 16.9. The number of ether oxygens (including phenoxy) is 3. The lowest BCUT2D eigenvalue weighted by atomic mass is 9.91. The molecule has 0 spiro atoms. The molecule has 4 aliphatic rings. The Morgan fingerprint density at radius 2 is 1.46 bits per heavy atom. The van der Waals surface area contributed by atoms with Gasteiger partial charge in [0.15, 0.2) is 0 Å². The van der Waals surface area contributed by atoms with Gasteiger partial charge in [-0.25, -0.2) is 0 Å². The summed E-state index contributed by atoms with van der Waals surface area (Å²) in [5, 5.41) is 0. The van der Waals surface area contributed by atoms with Crippen LogP contribution in [0.2, 0.25) is 0 Å². The Morgan fingerprint density at radius 3 is 1.85 bits per heavy atom. The highest BCUT2D eigenvalue weighted by Crippen LogP contribution is 2.52. The van der Waals surface area contributed by atoms with Gasteiger partial charge >= 0.3 is 5.97 Å². The quantitative estimate of drug-likeness (QED) is 0.634. The van der Waals surface area contributed by atoms with Crippen molar-refractivity contribution >= 4 is 0 Å². The molecule has 4 nitrogen and oxygen atoms in total. The van der Waals surface area contributed by atoms with E-state index >= 15 is 0 Å². The zero-order valence-corrected chi connectivity index (χ0v) is 7.84. The van der Waals surface area contributed by atoms with Crippen LogP contribution in [0.5, 0.6) is 0 Å². The molecule has 0 aromatic carbocycles. The minimum Gasteiger partial charge on any atom is -0.325 e. The van der Waals surface area contributed by atoms with Crippen LogP contribution in [-0.4, -0.2) is 31.3 Å². The van der Waals surface area contributed by atoms with Gasteiger partial charge in [0.2, 0.25) is 0 Å². The molecule has 3 aliphatic heterocycles. The van der Waals surface area contributed by atoms with Gasteiger partial charge in [-0.3, -0.25) is 0 Å². The molecule has 0 atom stereocenters. The number of rotatable bonds is 1. The molecule has 3 heterocycles. The van der Waals surface area contributed by atoms with Gasteiger partial charge in [0, 0.05) is 5.41 Å². The van der Waals surface area contributed by atoms with E-state index in [1.165, 1.54) is 0 Å². The molecule has 1 aliphatic carbocycles. The molecule has 3 saturated heterocycles. The highest BCUT2D eigenvalue weighted by Gasteiger charge is 2.66. The largest absolute Gasteiger partial charge is 0.325 e. The van der Waals surface area contributed by atoms with Crippen molar-refractivity contribution in [2.45, 2.75) is 31.3 Å². The van der Waals surface area contributed by atoms with Crippen LogP contribution >= 0.6 is 0 Å². The Balaban J connectivity index is 1.87. The van der Waals surface area contributed by atoms with Crippen LogP contribution in [0.25, 0.3) is 0 Å². The third-order valence-electron chi connectivity index (χ3n) is 3.23. The van der Waals surface area contributed by atoms with Crippen molar-refractivity contribution in [3.63, 3.8) is 0 Å². The van der Waals surface area contributed by atoms with Gasteiger partial charge in [0.1, 0.15) is 0 Å². The Morgan fingerprint density at radius 1 is 1.00 bits per heavy atom. The predicted molar refractivity (Wildman–Crippen MR) is 44.8 cm³/mol. The second-order valence-corrected chi connectivity index (χ2v) is 4.89. The third-order valence-corrected chi connectivity index (χ3v) is 3.23. The molecule has 0 aromatic heterocycles. The molecular formula is C9H15NO3. The average Bonchev–Trinajstić information content (AvgIpc) is 2.87. The normalized spacial score (nSPS) is 52.2. The van der Waals surface area contributed by atoms with E-state index in [-0.39, 0.29) is 11.0 Å². The summed E-state index contributed by atoms with van der Waals surface area (Å²) < 4.78 is 16.9. The van der Waals surface area contributed by atoms with E-state index in [1.807, 2.05) is 0 Å². The number of fused-ring (bicyclic) bond motifs is 3. The molecule has 0 radical (unpaired) electrons. The van der Waals surface area contributed by atoms with E-state index in [0.717, 1.165) is 12.8 Å². The Kier molecular flexibility index (Phi) is 1.31. The van der Waals surface area contributed by atoms with Crippen LogP contribution in [0.3, 0.4) is 0 Å². The fourth-order valence-corrected chi connectivity index (χ4v) is 1.93. The summed E-state index contributed by atoms with van der Waals surface area (Å²) in [6.45, 7) is 4.20. The van der Waals surface area contributed by atoms with Crippen LogP contribution in [0.15, 0.2) is 0 Å². The predicted octanol–water partition coefficient (Wildman–Crippen LogP) is 0.215. The molecule has 4 fully saturated rings. The Bertz CT molecular complexity index is 225. The summed E-state index contributed by atoms with van der Waals surface area (Å²) in [6.07, 6.45) is 1.87. The molecule has 74 valence electrons. The van der Waals surface area contributed by atoms with E-state index in [9.17, 15) is 0 Å². The minimum atomic E-state index is -0.912. The van der Waals surface area contributed by atoms with Gasteiger partial charge in [-0.1, -0.05) is 6.92 Å². The topological polar surface area (TPSA) is 53.7 Å². The van der Waals surface area contributed by atoms with E-state index in [2.05, 4.69) is 6.92 Å². The van der Waals surface area contributed by atoms with Gasteiger partial charge in [0.05, 0.1) is 25.4 Å². The van der Waals surface area contributed by atoms with Crippen molar-refractivity contribution < 1.29 is 14.2 Å². The summed E-state index contributed by atoms with van der Waals surface area (Å²) in [4.78, 5) is 0. The standard InChI is InChI=1S/C9H15NO3/c1-7-4-11-9(12-5-7,13-6-7)8(10)2-3-8/h2-6,10H2,1H3.